The average molecular weight is 717 g/mol. The molecule has 0 radical (unpaired) electrons. The van der Waals surface area contributed by atoms with Gasteiger partial charge in [0.2, 0.25) is 0 Å². The second-order valence-corrected chi connectivity index (χ2v) is 16.4. The second-order valence-electron chi connectivity index (χ2n) is 13.0. The lowest BCUT2D eigenvalue weighted by molar-refractivity contribution is -0.202. The molecule has 2 amide bonds. The minimum Gasteiger partial charge on any atom is -0.748 e. The first kappa shape index (κ1) is 38.1. The highest BCUT2D eigenvalue weighted by atomic mass is 32.2. The number of benzene rings is 2. The van der Waals surface area contributed by atoms with Gasteiger partial charge in [-0.2, -0.15) is 0 Å². The maximum atomic E-state index is 14.4. The van der Waals surface area contributed by atoms with E-state index >= 15 is 0 Å². The van der Waals surface area contributed by atoms with Crippen molar-refractivity contribution in [3.8, 4) is 0 Å². The fraction of sp³-hybridized carbons (Fsp3) is 0.581. The maximum Gasteiger partial charge on any atom is 0.321 e. The molecule has 14 nitrogen and oxygen atoms in total. The van der Waals surface area contributed by atoms with Crippen LogP contribution in [0, 0.1) is 10.6 Å². The van der Waals surface area contributed by atoms with Gasteiger partial charge in [0.25, 0.3) is 0 Å². The largest absolute Gasteiger partial charge is 0.748 e. The molecule has 2 aromatic rings. The van der Waals surface area contributed by atoms with Crippen LogP contribution in [0.1, 0.15) is 56.6 Å². The van der Waals surface area contributed by atoms with Gasteiger partial charge in [0.1, 0.15) is 24.0 Å². The van der Waals surface area contributed by atoms with E-state index in [9.17, 15) is 51.1 Å². The first-order valence-electron chi connectivity index (χ1n) is 15.6. The van der Waals surface area contributed by atoms with Crippen molar-refractivity contribution in [2.24, 2.45) is 5.41 Å². The lowest BCUT2D eigenvalue weighted by Crippen LogP contribution is -2.62. The Balaban J connectivity index is 1.71. The molecule has 5 N–H and O–H groups in total. The topological polar surface area (TPSA) is 225 Å². The standard InChI is InChI=1S/C31H44FN3O11S2/c1-5-7-13-31(6-2)17-47(41,42)23-12-11-20(35(3,4)40)15-21(23)24(28(31)38)18-9-8-10-19(14-18)33-30(39)34-29-27(37)26(36)25(32)22(46-29)16-48(43,44)45/h8-12,14-15,22,24-29,36-38H,5-7,13,16-17H2,1-4H3,(H2,33,34,39)(H,43,44,45)/p-1/t22-,24-,25-,26+,27-,28-,29-,31-/m1/s1. The molecule has 0 unspecified atom stereocenters. The van der Waals surface area contributed by atoms with E-state index in [0.717, 1.165) is 6.42 Å². The zero-order chi connectivity index (χ0) is 35.8. The van der Waals surface area contributed by atoms with Crippen molar-refractivity contribution in [1.29, 1.82) is 0 Å². The smallest absolute Gasteiger partial charge is 0.321 e. The summed E-state index contributed by atoms with van der Waals surface area (Å²) in [4.78, 5) is 13.0. The van der Waals surface area contributed by atoms with E-state index in [2.05, 4.69) is 10.6 Å². The van der Waals surface area contributed by atoms with Gasteiger partial charge >= 0.3 is 6.03 Å². The Kier molecular flexibility index (Phi) is 11.3. The number of quaternary nitrogens is 1. The van der Waals surface area contributed by atoms with Crippen LogP contribution in [0.2, 0.25) is 0 Å². The number of anilines is 1. The highest BCUT2D eigenvalue weighted by Gasteiger charge is 2.49. The second kappa shape index (κ2) is 14.2. The number of amides is 2. The van der Waals surface area contributed by atoms with Crippen LogP contribution in [0.4, 0.5) is 20.6 Å². The number of carbonyl (C=O) groups is 1. The molecule has 2 aliphatic rings. The SMILES string of the molecule is CCCC[C@]1(CC)CS(=O)(=O)c2ccc([N+](C)(C)[O-])cc2[C@@H](c2cccc(NC(=O)N[C@@H]3O[C@H](CS(=O)(=O)[O-])[C@@H](F)[C@H](O)[C@H]3O)c2)[C@H]1O. The van der Waals surface area contributed by atoms with Gasteiger partial charge in [-0.1, -0.05) is 38.8 Å². The van der Waals surface area contributed by atoms with Gasteiger partial charge in [-0.25, -0.2) is 26.0 Å². The van der Waals surface area contributed by atoms with E-state index in [1.807, 2.05) is 13.8 Å². The maximum absolute atomic E-state index is 14.4. The number of hydroxylamine groups is 2. The molecule has 2 aromatic carbocycles. The number of ether oxygens (including phenoxy) is 1. The van der Waals surface area contributed by atoms with Gasteiger partial charge in [0, 0.05) is 29.2 Å². The summed E-state index contributed by atoms with van der Waals surface area (Å²) in [5, 5.41) is 50.1. The van der Waals surface area contributed by atoms with Crippen LogP contribution in [0.3, 0.4) is 0 Å². The van der Waals surface area contributed by atoms with Crippen molar-refractivity contribution >= 4 is 37.4 Å². The summed E-state index contributed by atoms with van der Waals surface area (Å²) < 4.78 is 80.0. The van der Waals surface area contributed by atoms with Gasteiger partial charge in [-0.15, -0.1) is 0 Å². The van der Waals surface area contributed by atoms with Crippen molar-refractivity contribution < 1.29 is 50.6 Å². The molecule has 0 bridgehead atoms. The van der Waals surface area contributed by atoms with Crippen LogP contribution in [0.25, 0.3) is 0 Å². The van der Waals surface area contributed by atoms with Crippen molar-refractivity contribution in [2.75, 3.05) is 30.9 Å². The third kappa shape index (κ3) is 8.17. The number of sulfone groups is 1. The first-order chi connectivity index (χ1) is 22.2. The Morgan fingerprint density at radius 1 is 1.12 bits per heavy atom. The fourth-order valence-corrected chi connectivity index (χ4v) is 9.47. The average Bonchev–Trinajstić information content (AvgIpc) is 3.06. The number of hydrogen-bond acceptors (Lipinski definition) is 11. The Labute approximate surface area is 279 Å². The number of carbonyl (C=O) groups excluding carboxylic acids is 1. The summed E-state index contributed by atoms with van der Waals surface area (Å²) in [7, 11) is -6.14. The van der Waals surface area contributed by atoms with Gasteiger partial charge in [-0.3, -0.25) is 0 Å². The normalized spacial score (nSPS) is 30.6. The van der Waals surface area contributed by atoms with Crippen LogP contribution < -0.4 is 15.3 Å². The molecule has 1 saturated heterocycles. The molecule has 1 fully saturated rings. The van der Waals surface area contributed by atoms with Crippen molar-refractivity contribution in [1.82, 2.24) is 9.96 Å². The summed E-state index contributed by atoms with van der Waals surface area (Å²) in [6, 6.07) is 9.55. The van der Waals surface area contributed by atoms with E-state index in [-0.39, 0.29) is 27.6 Å². The number of nitrogens with zero attached hydrogens (tertiary/aromatic N) is 1. The fourth-order valence-electron chi connectivity index (χ4n) is 6.55. The summed E-state index contributed by atoms with van der Waals surface area (Å²) in [5.41, 5.74) is 0.0266. The molecule has 0 aliphatic carbocycles. The van der Waals surface area contributed by atoms with E-state index in [1.54, 1.807) is 12.1 Å². The number of nitrogens with one attached hydrogen (secondary N) is 2. The molecule has 268 valence electrons. The van der Waals surface area contributed by atoms with E-state index in [0.29, 0.717) is 24.8 Å². The molecule has 4 rings (SSSR count). The number of halogens is 1. The Morgan fingerprint density at radius 3 is 2.42 bits per heavy atom. The number of alkyl halides is 1. The van der Waals surface area contributed by atoms with Crippen LogP contribution in [0.15, 0.2) is 47.4 Å². The predicted octanol–water partition coefficient (Wildman–Crippen LogP) is 2.07. The monoisotopic (exact) mass is 716 g/mol. The van der Waals surface area contributed by atoms with Crippen LogP contribution in [-0.4, -0.2) is 105 Å². The summed E-state index contributed by atoms with van der Waals surface area (Å²) in [6.07, 6.45) is -9.37. The lowest BCUT2D eigenvalue weighted by atomic mass is 9.69. The van der Waals surface area contributed by atoms with Gasteiger partial charge in [-0.05, 0) is 42.2 Å². The highest BCUT2D eigenvalue weighted by molar-refractivity contribution is 7.91. The number of aliphatic hydroxyl groups excluding tert-OH is 3. The molecule has 48 heavy (non-hydrogen) atoms. The lowest BCUT2D eigenvalue weighted by Gasteiger charge is -2.40. The van der Waals surface area contributed by atoms with Gasteiger partial charge in [0.15, 0.2) is 22.2 Å². The quantitative estimate of drug-likeness (QED) is 0.136. The Bertz CT molecular complexity index is 1700. The minimum absolute atomic E-state index is 0.00511. The molecular formula is C31H43FN3O11S2-. The predicted molar refractivity (Wildman–Crippen MR) is 174 cm³/mol. The highest BCUT2D eigenvalue weighted by Crippen LogP contribution is 2.49. The van der Waals surface area contributed by atoms with Crippen LogP contribution >= 0.6 is 0 Å². The number of unbranched alkanes of at least 4 members (excludes halogenated alkanes) is 1. The van der Waals surface area contributed by atoms with E-state index in [1.165, 1.54) is 44.4 Å². The van der Waals surface area contributed by atoms with Gasteiger partial charge in [0.05, 0.1) is 46.7 Å². The van der Waals surface area contributed by atoms with Crippen LogP contribution in [-0.2, 0) is 24.7 Å². The summed E-state index contributed by atoms with van der Waals surface area (Å²) >= 11 is 0. The van der Waals surface area contributed by atoms with Crippen molar-refractivity contribution in [2.45, 2.75) is 87.2 Å². The Hall–Kier alpha value is -2.74. The number of urea groups is 1. The zero-order valence-corrected chi connectivity index (χ0v) is 28.7. The van der Waals surface area contributed by atoms with Crippen LogP contribution in [0.5, 0.6) is 0 Å². The third-order valence-electron chi connectivity index (χ3n) is 9.25. The molecule has 2 aliphatic heterocycles. The molecule has 0 spiro atoms. The van der Waals surface area contributed by atoms with Crippen molar-refractivity contribution in [3.05, 3.63) is 58.8 Å². The molecule has 8 atom stereocenters. The molecule has 0 saturated carbocycles. The minimum atomic E-state index is -4.99. The number of fused-ring (bicyclic) bond motifs is 1. The molecular weight excluding hydrogens is 673 g/mol. The number of aliphatic hydroxyl groups is 3. The summed E-state index contributed by atoms with van der Waals surface area (Å²) in [5.74, 6) is -2.59. The van der Waals surface area contributed by atoms with E-state index < -0.39 is 84.5 Å². The molecule has 17 heteroatoms. The Morgan fingerprint density at radius 2 is 1.81 bits per heavy atom. The van der Waals surface area contributed by atoms with Gasteiger partial charge < -0.3 is 45.1 Å². The first-order valence-corrected chi connectivity index (χ1v) is 18.8. The number of rotatable bonds is 10. The molecule has 0 aromatic heterocycles. The zero-order valence-electron chi connectivity index (χ0n) is 27.1. The van der Waals surface area contributed by atoms with E-state index in [4.69, 9.17) is 4.74 Å². The molecule has 2 heterocycles. The van der Waals surface area contributed by atoms with Crippen molar-refractivity contribution in [3.63, 3.8) is 0 Å². The number of hydrogen-bond donors (Lipinski definition) is 5. The summed E-state index contributed by atoms with van der Waals surface area (Å²) in [6.45, 7) is 3.79. The third-order valence-corrected chi connectivity index (χ3v) is 12.0.